The van der Waals surface area contributed by atoms with E-state index in [1.165, 1.54) is 11.1 Å². The normalized spacial score (nSPS) is 10.8. The number of halogens is 1. The summed E-state index contributed by atoms with van der Waals surface area (Å²) in [5, 5.41) is 0.543. The van der Waals surface area contributed by atoms with E-state index in [4.69, 9.17) is 30.5 Å². The lowest BCUT2D eigenvalue weighted by molar-refractivity contribution is 0.0867. The molecule has 0 saturated heterocycles. The second kappa shape index (κ2) is 12.4. The number of aryl methyl sites for hydroxylation is 2. The molecule has 0 amide bonds. The highest BCUT2D eigenvalue weighted by Crippen LogP contribution is 2.29. The third-order valence-electron chi connectivity index (χ3n) is 4.66. The predicted octanol–water partition coefficient (Wildman–Crippen LogP) is 6.15. The molecule has 3 aromatic carbocycles. The Morgan fingerprint density at radius 2 is 1.13 bits per heavy atom. The Hall–Kier alpha value is -2.53. The molecule has 31 heavy (non-hydrogen) atoms. The first-order chi connectivity index (χ1) is 15.1. The summed E-state index contributed by atoms with van der Waals surface area (Å²) >= 11 is 6.24. The van der Waals surface area contributed by atoms with E-state index in [9.17, 15) is 0 Å². The molecule has 0 spiro atoms. The summed E-state index contributed by atoms with van der Waals surface area (Å²) < 4.78 is 22.9. The minimum Gasteiger partial charge on any atom is -0.491 e. The molecule has 5 heteroatoms. The van der Waals surface area contributed by atoms with E-state index < -0.39 is 0 Å². The number of hydrogen-bond donors (Lipinski definition) is 0. The van der Waals surface area contributed by atoms with Gasteiger partial charge in [-0.3, -0.25) is 0 Å². The van der Waals surface area contributed by atoms with Crippen molar-refractivity contribution >= 4 is 11.6 Å². The van der Waals surface area contributed by atoms with Gasteiger partial charge in [-0.25, -0.2) is 0 Å². The first-order valence-corrected chi connectivity index (χ1v) is 10.8. The molecule has 0 saturated carbocycles. The molecular weight excluding hydrogens is 412 g/mol. The van der Waals surface area contributed by atoms with Crippen molar-refractivity contribution < 1.29 is 18.9 Å². The molecule has 0 aliphatic heterocycles. The van der Waals surface area contributed by atoms with Crippen molar-refractivity contribution in [1.29, 1.82) is 0 Å². The molecule has 0 unspecified atom stereocenters. The van der Waals surface area contributed by atoms with Gasteiger partial charge in [0, 0.05) is 6.07 Å². The van der Waals surface area contributed by atoms with Gasteiger partial charge in [0.1, 0.15) is 24.7 Å². The van der Waals surface area contributed by atoms with Crippen molar-refractivity contribution in [3.05, 3.63) is 94.0 Å². The maximum absolute atomic E-state index is 6.24. The first kappa shape index (κ1) is 23.1. The Labute approximate surface area is 189 Å². The van der Waals surface area contributed by atoms with Crippen molar-refractivity contribution in [2.75, 3.05) is 26.4 Å². The van der Waals surface area contributed by atoms with Crippen LogP contribution in [0.1, 0.15) is 22.3 Å². The van der Waals surface area contributed by atoms with Crippen LogP contribution in [0.15, 0.2) is 66.7 Å². The number of ether oxygens (including phenoxy) is 4. The third kappa shape index (κ3) is 8.25. The highest BCUT2D eigenvalue weighted by molar-refractivity contribution is 6.32. The average molecular weight is 441 g/mol. The van der Waals surface area contributed by atoms with Crippen LogP contribution in [0.3, 0.4) is 0 Å². The zero-order chi connectivity index (χ0) is 21.9. The largest absolute Gasteiger partial charge is 0.491 e. The summed E-state index contributed by atoms with van der Waals surface area (Å²) in [6.45, 7) is 7.10. The highest BCUT2D eigenvalue weighted by Gasteiger charge is 2.05. The van der Waals surface area contributed by atoms with Crippen LogP contribution in [0.5, 0.6) is 11.5 Å². The second-order valence-corrected chi connectivity index (χ2v) is 7.77. The Morgan fingerprint density at radius 1 is 0.613 bits per heavy atom. The van der Waals surface area contributed by atoms with Gasteiger partial charge in [-0.2, -0.15) is 0 Å². The molecule has 3 aromatic rings. The molecule has 3 rings (SSSR count). The van der Waals surface area contributed by atoms with Gasteiger partial charge in [0.15, 0.2) is 0 Å². The van der Waals surface area contributed by atoms with E-state index in [1.54, 1.807) is 12.1 Å². The Balaban J connectivity index is 1.34. The molecule has 0 heterocycles. The molecule has 0 aliphatic carbocycles. The van der Waals surface area contributed by atoms with Crippen molar-refractivity contribution in [2.24, 2.45) is 0 Å². The van der Waals surface area contributed by atoms with Gasteiger partial charge in [0.25, 0.3) is 0 Å². The highest BCUT2D eigenvalue weighted by atomic mass is 35.5. The van der Waals surface area contributed by atoms with E-state index in [2.05, 4.69) is 62.4 Å². The standard InChI is InChI=1S/C26H29ClO4/c1-20-3-7-22(8-4-20)18-28-13-15-30-24-11-12-25(27)26(17-24)31-16-14-29-19-23-9-5-21(2)6-10-23/h3-12,17H,13-16,18-19H2,1-2H3. The van der Waals surface area contributed by atoms with Crippen LogP contribution in [0, 0.1) is 13.8 Å². The smallest absolute Gasteiger partial charge is 0.141 e. The fourth-order valence-corrected chi connectivity index (χ4v) is 3.03. The first-order valence-electron chi connectivity index (χ1n) is 10.4. The molecule has 0 aromatic heterocycles. The minimum atomic E-state index is 0.411. The SMILES string of the molecule is Cc1ccc(COCCOc2ccc(Cl)c(OCCOCc3ccc(C)cc3)c2)cc1. The van der Waals surface area contributed by atoms with Gasteiger partial charge in [-0.05, 0) is 37.1 Å². The molecule has 0 aliphatic rings. The zero-order valence-corrected chi connectivity index (χ0v) is 18.9. The van der Waals surface area contributed by atoms with Crippen molar-refractivity contribution in [2.45, 2.75) is 27.1 Å². The summed E-state index contributed by atoms with van der Waals surface area (Å²) in [7, 11) is 0. The van der Waals surface area contributed by atoms with Crippen molar-refractivity contribution in [3.8, 4) is 11.5 Å². The van der Waals surface area contributed by atoms with Crippen LogP contribution in [-0.4, -0.2) is 26.4 Å². The van der Waals surface area contributed by atoms with E-state index in [0.29, 0.717) is 56.2 Å². The minimum absolute atomic E-state index is 0.411. The summed E-state index contributed by atoms with van der Waals surface area (Å²) in [6.07, 6.45) is 0. The summed E-state index contributed by atoms with van der Waals surface area (Å²) in [4.78, 5) is 0. The lowest BCUT2D eigenvalue weighted by Crippen LogP contribution is -2.08. The molecule has 0 fully saturated rings. The van der Waals surface area contributed by atoms with Crippen LogP contribution < -0.4 is 9.47 Å². The predicted molar refractivity (Wildman–Crippen MR) is 124 cm³/mol. The summed E-state index contributed by atoms with van der Waals surface area (Å²) in [6, 6.07) is 22.0. The third-order valence-corrected chi connectivity index (χ3v) is 4.98. The fourth-order valence-electron chi connectivity index (χ4n) is 2.86. The topological polar surface area (TPSA) is 36.9 Å². The van der Waals surface area contributed by atoms with Gasteiger partial charge < -0.3 is 18.9 Å². The van der Waals surface area contributed by atoms with Crippen LogP contribution in [-0.2, 0) is 22.7 Å². The van der Waals surface area contributed by atoms with Gasteiger partial charge in [0.05, 0.1) is 31.5 Å². The lowest BCUT2D eigenvalue weighted by Gasteiger charge is -2.12. The van der Waals surface area contributed by atoms with Gasteiger partial charge in [0.2, 0.25) is 0 Å². The molecule has 0 bridgehead atoms. The Morgan fingerprint density at radius 3 is 1.68 bits per heavy atom. The molecular formula is C26H29ClO4. The van der Waals surface area contributed by atoms with Crippen LogP contribution in [0.2, 0.25) is 5.02 Å². The Bertz CT molecular complexity index is 923. The number of hydrogen-bond acceptors (Lipinski definition) is 4. The summed E-state index contributed by atoms with van der Waals surface area (Å²) in [5.41, 5.74) is 4.77. The molecule has 0 radical (unpaired) electrons. The Kier molecular flexibility index (Phi) is 9.22. The zero-order valence-electron chi connectivity index (χ0n) is 18.1. The maximum atomic E-state index is 6.24. The van der Waals surface area contributed by atoms with Gasteiger partial charge in [-0.15, -0.1) is 0 Å². The molecule has 0 N–H and O–H groups in total. The lowest BCUT2D eigenvalue weighted by atomic mass is 10.2. The maximum Gasteiger partial charge on any atom is 0.141 e. The van der Waals surface area contributed by atoms with Crippen LogP contribution in [0.4, 0.5) is 0 Å². The van der Waals surface area contributed by atoms with E-state index >= 15 is 0 Å². The van der Waals surface area contributed by atoms with Crippen molar-refractivity contribution in [3.63, 3.8) is 0 Å². The summed E-state index contributed by atoms with van der Waals surface area (Å²) in [5.74, 6) is 1.28. The van der Waals surface area contributed by atoms with Gasteiger partial charge >= 0.3 is 0 Å². The van der Waals surface area contributed by atoms with E-state index in [1.807, 2.05) is 6.07 Å². The molecule has 0 atom stereocenters. The van der Waals surface area contributed by atoms with E-state index in [-0.39, 0.29) is 0 Å². The van der Waals surface area contributed by atoms with Crippen LogP contribution in [0.25, 0.3) is 0 Å². The number of rotatable bonds is 12. The van der Waals surface area contributed by atoms with E-state index in [0.717, 1.165) is 11.1 Å². The monoisotopic (exact) mass is 440 g/mol. The quantitative estimate of drug-likeness (QED) is 0.316. The van der Waals surface area contributed by atoms with Crippen molar-refractivity contribution in [1.82, 2.24) is 0 Å². The second-order valence-electron chi connectivity index (χ2n) is 7.37. The molecule has 164 valence electrons. The molecule has 4 nitrogen and oxygen atoms in total. The number of benzene rings is 3. The van der Waals surface area contributed by atoms with Gasteiger partial charge in [-0.1, -0.05) is 71.3 Å². The fraction of sp³-hybridized carbons (Fsp3) is 0.308. The average Bonchev–Trinajstić information content (AvgIpc) is 2.77. The van der Waals surface area contributed by atoms with Crippen LogP contribution >= 0.6 is 11.6 Å².